The lowest BCUT2D eigenvalue weighted by molar-refractivity contribution is -0.671. The third kappa shape index (κ3) is 3.94. The minimum Gasteiger partial charge on any atom is -0.223 e. The van der Waals surface area contributed by atoms with Gasteiger partial charge in [0, 0.05) is 16.5 Å². The summed E-state index contributed by atoms with van der Waals surface area (Å²) in [6.07, 6.45) is 2.12. The summed E-state index contributed by atoms with van der Waals surface area (Å²) < 4.78 is 4.88. The molecule has 0 N–H and O–H groups in total. The van der Waals surface area contributed by atoms with Gasteiger partial charge in [-0.15, -0.1) is 0 Å². The first-order valence-electron chi connectivity index (χ1n) is 9.64. The summed E-state index contributed by atoms with van der Waals surface area (Å²) in [5, 5.41) is 1.54. The first kappa shape index (κ1) is 19.0. The van der Waals surface area contributed by atoms with Crippen LogP contribution in [0.2, 0.25) is 10.0 Å². The maximum absolute atomic E-state index is 6.08. The van der Waals surface area contributed by atoms with E-state index in [1.54, 1.807) is 0 Å². The zero-order valence-corrected chi connectivity index (χ0v) is 17.4. The Labute approximate surface area is 176 Å². The SMILES string of the molecule is CCCc1n(Cc2ccc(Cl)cc2)c2ccccc2[n+]1Cc1ccc(Cl)cc1. The Morgan fingerprint density at radius 1 is 0.786 bits per heavy atom. The minimum atomic E-state index is 0.771. The van der Waals surface area contributed by atoms with Gasteiger partial charge in [-0.3, -0.25) is 0 Å². The number of fused-ring (bicyclic) bond motifs is 1. The predicted molar refractivity (Wildman–Crippen MR) is 117 cm³/mol. The fourth-order valence-electron chi connectivity index (χ4n) is 3.74. The number of hydrogen-bond acceptors (Lipinski definition) is 0. The van der Waals surface area contributed by atoms with E-state index >= 15 is 0 Å². The van der Waals surface area contributed by atoms with Gasteiger partial charge in [0.05, 0.1) is 0 Å². The second-order valence-corrected chi connectivity index (χ2v) is 7.95. The highest BCUT2D eigenvalue weighted by atomic mass is 35.5. The van der Waals surface area contributed by atoms with E-state index < -0.39 is 0 Å². The lowest BCUT2D eigenvalue weighted by Crippen LogP contribution is -2.38. The molecule has 0 saturated heterocycles. The van der Waals surface area contributed by atoms with E-state index in [0.29, 0.717) is 0 Å². The molecule has 0 aliphatic heterocycles. The van der Waals surface area contributed by atoms with Crippen LogP contribution in [-0.2, 0) is 19.5 Å². The van der Waals surface area contributed by atoms with Gasteiger partial charge in [0.2, 0.25) is 0 Å². The van der Waals surface area contributed by atoms with Crippen molar-refractivity contribution < 1.29 is 4.57 Å². The number of benzene rings is 3. The Hall–Kier alpha value is -2.29. The van der Waals surface area contributed by atoms with Crippen molar-refractivity contribution >= 4 is 34.2 Å². The first-order chi connectivity index (χ1) is 13.7. The molecule has 142 valence electrons. The number of para-hydroxylation sites is 2. The monoisotopic (exact) mass is 409 g/mol. The molecule has 0 spiro atoms. The zero-order chi connectivity index (χ0) is 19.5. The van der Waals surface area contributed by atoms with Crippen LogP contribution >= 0.6 is 23.2 Å². The van der Waals surface area contributed by atoms with Crippen LogP contribution in [0.1, 0.15) is 30.3 Å². The van der Waals surface area contributed by atoms with Crippen LogP contribution < -0.4 is 4.57 Å². The lowest BCUT2D eigenvalue weighted by Gasteiger charge is -2.06. The quantitative estimate of drug-likeness (QED) is 0.331. The number of nitrogens with zero attached hydrogens (tertiary/aromatic N) is 2. The van der Waals surface area contributed by atoms with Crippen molar-refractivity contribution in [1.82, 2.24) is 4.57 Å². The van der Waals surface area contributed by atoms with Gasteiger partial charge in [-0.25, -0.2) is 9.13 Å². The van der Waals surface area contributed by atoms with E-state index in [1.807, 2.05) is 24.3 Å². The normalized spacial score (nSPS) is 11.2. The molecule has 4 aromatic rings. The van der Waals surface area contributed by atoms with Crippen molar-refractivity contribution in [3.05, 3.63) is 99.8 Å². The summed E-state index contributed by atoms with van der Waals surface area (Å²) in [7, 11) is 0. The molecular formula is C24H23Cl2N2+. The van der Waals surface area contributed by atoms with Gasteiger partial charge in [0.25, 0.3) is 5.82 Å². The van der Waals surface area contributed by atoms with Crippen LogP contribution in [0, 0.1) is 0 Å². The average molecular weight is 410 g/mol. The molecule has 0 aliphatic rings. The Morgan fingerprint density at radius 3 is 2.04 bits per heavy atom. The fourth-order valence-corrected chi connectivity index (χ4v) is 3.99. The molecule has 4 heteroatoms. The van der Waals surface area contributed by atoms with Crippen molar-refractivity contribution in [3.63, 3.8) is 0 Å². The van der Waals surface area contributed by atoms with E-state index in [-0.39, 0.29) is 0 Å². The van der Waals surface area contributed by atoms with Crippen LogP contribution in [0.4, 0.5) is 0 Å². The molecule has 0 amide bonds. The summed E-state index contributed by atoms with van der Waals surface area (Å²) in [5.74, 6) is 1.34. The molecule has 3 aromatic carbocycles. The van der Waals surface area contributed by atoms with Gasteiger partial charge in [-0.1, -0.05) is 66.5 Å². The molecule has 28 heavy (non-hydrogen) atoms. The molecule has 2 nitrogen and oxygen atoms in total. The van der Waals surface area contributed by atoms with E-state index in [1.165, 1.54) is 28.0 Å². The van der Waals surface area contributed by atoms with Gasteiger partial charge < -0.3 is 0 Å². The number of hydrogen-bond donors (Lipinski definition) is 0. The molecule has 0 saturated carbocycles. The van der Waals surface area contributed by atoms with E-state index in [0.717, 1.165) is 36.0 Å². The molecule has 0 aliphatic carbocycles. The Balaban J connectivity index is 1.82. The van der Waals surface area contributed by atoms with Crippen molar-refractivity contribution in [3.8, 4) is 0 Å². The highest BCUT2D eigenvalue weighted by Gasteiger charge is 2.24. The lowest BCUT2D eigenvalue weighted by atomic mass is 10.2. The van der Waals surface area contributed by atoms with Crippen LogP contribution in [0.15, 0.2) is 72.8 Å². The highest BCUT2D eigenvalue weighted by molar-refractivity contribution is 6.30. The third-order valence-corrected chi connectivity index (χ3v) is 5.57. The maximum Gasteiger partial charge on any atom is 0.257 e. The van der Waals surface area contributed by atoms with Crippen molar-refractivity contribution in [2.24, 2.45) is 0 Å². The van der Waals surface area contributed by atoms with E-state index in [2.05, 4.69) is 64.6 Å². The Bertz CT molecular complexity index is 996. The largest absolute Gasteiger partial charge is 0.257 e. The molecule has 1 aromatic heterocycles. The van der Waals surface area contributed by atoms with Crippen LogP contribution in [0.25, 0.3) is 11.0 Å². The smallest absolute Gasteiger partial charge is 0.223 e. The first-order valence-corrected chi connectivity index (χ1v) is 10.4. The van der Waals surface area contributed by atoms with Gasteiger partial charge in [0.15, 0.2) is 11.0 Å². The number of imidazole rings is 1. The summed E-state index contributed by atoms with van der Waals surface area (Å²) in [6.45, 7) is 3.90. The molecular weight excluding hydrogens is 387 g/mol. The van der Waals surface area contributed by atoms with Crippen LogP contribution in [0.3, 0.4) is 0 Å². The third-order valence-electron chi connectivity index (χ3n) is 5.07. The minimum absolute atomic E-state index is 0.771. The summed E-state index contributed by atoms with van der Waals surface area (Å²) in [4.78, 5) is 0. The van der Waals surface area contributed by atoms with Gasteiger partial charge >= 0.3 is 0 Å². The predicted octanol–water partition coefficient (Wildman–Crippen LogP) is 6.28. The van der Waals surface area contributed by atoms with Crippen molar-refractivity contribution in [1.29, 1.82) is 0 Å². The van der Waals surface area contributed by atoms with Crippen molar-refractivity contribution in [2.45, 2.75) is 32.9 Å². The molecule has 0 fully saturated rings. The zero-order valence-electron chi connectivity index (χ0n) is 15.9. The molecule has 4 rings (SSSR count). The van der Waals surface area contributed by atoms with Gasteiger partial charge in [-0.05, 0) is 53.9 Å². The van der Waals surface area contributed by atoms with Gasteiger partial charge in [0.1, 0.15) is 13.1 Å². The second kappa shape index (κ2) is 8.38. The molecule has 0 unspecified atom stereocenters. The topological polar surface area (TPSA) is 8.81 Å². The Kier molecular flexibility index (Phi) is 5.70. The number of halogens is 2. The Morgan fingerprint density at radius 2 is 1.39 bits per heavy atom. The van der Waals surface area contributed by atoms with Gasteiger partial charge in [-0.2, -0.15) is 0 Å². The highest BCUT2D eigenvalue weighted by Crippen LogP contribution is 2.20. The fraction of sp³-hybridized carbons (Fsp3) is 0.208. The molecule has 0 bridgehead atoms. The van der Waals surface area contributed by atoms with E-state index in [9.17, 15) is 0 Å². The summed E-state index contributed by atoms with van der Waals surface area (Å²) in [5.41, 5.74) is 5.02. The second-order valence-electron chi connectivity index (χ2n) is 7.08. The molecule has 0 atom stereocenters. The van der Waals surface area contributed by atoms with Crippen molar-refractivity contribution in [2.75, 3.05) is 0 Å². The summed E-state index contributed by atoms with van der Waals surface area (Å²) >= 11 is 12.2. The van der Waals surface area contributed by atoms with E-state index in [4.69, 9.17) is 23.2 Å². The maximum atomic E-state index is 6.08. The number of rotatable bonds is 6. The molecule has 1 heterocycles. The average Bonchev–Trinajstić information content (AvgIpc) is 2.99. The standard InChI is InChI=1S/C24H23Cl2N2/c1-2-5-24-27(16-18-8-12-20(25)13-9-18)22-6-3-4-7-23(22)28(24)17-19-10-14-21(26)15-11-19/h3-4,6-15H,2,5,16-17H2,1H3/q+1. The number of aromatic nitrogens is 2. The molecule has 0 radical (unpaired) electrons. The van der Waals surface area contributed by atoms with Crippen LogP contribution in [0.5, 0.6) is 0 Å². The van der Waals surface area contributed by atoms with Crippen LogP contribution in [-0.4, -0.2) is 4.57 Å². The summed E-state index contributed by atoms with van der Waals surface area (Å²) in [6, 6.07) is 24.9.